The maximum atomic E-state index is 12.3. The highest BCUT2D eigenvalue weighted by atomic mass is 32.2. The SMILES string of the molecule is Cc1ccc(SCC(=O)Nc2ccc(C)c(S(=O)(=O)N(C)C)c2)cc1. The van der Waals surface area contributed by atoms with Gasteiger partial charge in [0.05, 0.1) is 10.6 Å². The average molecular weight is 379 g/mol. The monoisotopic (exact) mass is 378 g/mol. The van der Waals surface area contributed by atoms with Crippen molar-refractivity contribution in [1.82, 2.24) is 4.31 Å². The minimum atomic E-state index is -3.55. The first-order chi connectivity index (χ1) is 11.7. The van der Waals surface area contributed by atoms with E-state index in [2.05, 4.69) is 5.32 Å². The number of carbonyl (C=O) groups is 1. The molecule has 7 heteroatoms. The highest BCUT2D eigenvalue weighted by Crippen LogP contribution is 2.23. The molecule has 2 rings (SSSR count). The Morgan fingerprint density at radius 3 is 2.32 bits per heavy atom. The second kappa shape index (κ2) is 8.03. The minimum Gasteiger partial charge on any atom is -0.325 e. The molecule has 0 aromatic heterocycles. The van der Waals surface area contributed by atoms with Crippen molar-refractivity contribution in [2.75, 3.05) is 25.2 Å². The van der Waals surface area contributed by atoms with Crippen LogP contribution < -0.4 is 5.32 Å². The Morgan fingerprint density at radius 1 is 1.08 bits per heavy atom. The summed E-state index contributed by atoms with van der Waals surface area (Å²) in [5, 5.41) is 2.76. The number of benzene rings is 2. The highest BCUT2D eigenvalue weighted by molar-refractivity contribution is 8.00. The van der Waals surface area contributed by atoms with E-state index in [1.54, 1.807) is 19.1 Å². The van der Waals surface area contributed by atoms with E-state index in [4.69, 9.17) is 0 Å². The van der Waals surface area contributed by atoms with Gasteiger partial charge in [0.15, 0.2) is 0 Å². The standard InChI is InChI=1S/C18H22N2O3S2/c1-13-5-9-16(10-6-13)24-12-18(21)19-15-8-7-14(2)17(11-15)25(22,23)20(3)4/h5-11H,12H2,1-4H3,(H,19,21). The zero-order valence-electron chi connectivity index (χ0n) is 14.7. The van der Waals surface area contributed by atoms with Crippen LogP contribution in [0.1, 0.15) is 11.1 Å². The maximum Gasteiger partial charge on any atom is 0.242 e. The van der Waals surface area contributed by atoms with Crippen LogP contribution in [0.25, 0.3) is 0 Å². The number of thioether (sulfide) groups is 1. The maximum absolute atomic E-state index is 12.3. The quantitative estimate of drug-likeness (QED) is 0.784. The molecule has 0 aliphatic heterocycles. The highest BCUT2D eigenvalue weighted by Gasteiger charge is 2.20. The van der Waals surface area contributed by atoms with E-state index in [9.17, 15) is 13.2 Å². The molecule has 0 radical (unpaired) electrons. The molecule has 25 heavy (non-hydrogen) atoms. The zero-order chi connectivity index (χ0) is 18.6. The molecular formula is C18H22N2O3S2. The number of carbonyl (C=O) groups excluding carboxylic acids is 1. The lowest BCUT2D eigenvalue weighted by atomic mass is 10.2. The molecule has 0 saturated carbocycles. The van der Waals surface area contributed by atoms with Gasteiger partial charge in [0.2, 0.25) is 15.9 Å². The molecule has 0 fully saturated rings. The summed E-state index contributed by atoms with van der Waals surface area (Å²) in [6.07, 6.45) is 0. The molecule has 1 amide bonds. The lowest BCUT2D eigenvalue weighted by Gasteiger charge is -2.15. The first kappa shape index (κ1) is 19.5. The van der Waals surface area contributed by atoms with Gasteiger partial charge in [-0.05, 0) is 43.7 Å². The van der Waals surface area contributed by atoms with Crippen LogP contribution in [0.3, 0.4) is 0 Å². The van der Waals surface area contributed by atoms with Crippen molar-refractivity contribution in [3.63, 3.8) is 0 Å². The Hall–Kier alpha value is -1.83. The molecular weight excluding hydrogens is 356 g/mol. The number of nitrogens with zero attached hydrogens (tertiary/aromatic N) is 1. The molecule has 0 aliphatic rings. The second-order valence-corrected chi connectivity index (χ2v) is 9.09. The van der Waals surface area contributed by atoms with Gasteiger partial charge in [-0.1, -0.05) is 23.8 Å². The van der Waals surface area contributed by atoms with Gasteiger partial charge in [-0.3, -0.25) is 4.79 Å². The normalized spacial score (nSPS) is 11.6. The van der Waals surface area contributed by atoms with E-state index >= 15 is 0 Å². The lowest BCUT2D eigenvalue weighted by molar-refractivity contribution is -0.113. The van der Waals surface area contributed by atoms with Crippen molar-refractivity contribution in [2.45, 2.75) is 23.6 Å². The number of aryl methyl sites for hydroxylation is 2. The van der Waals surface area contributed by atoms with Crippen LogP contribution in [-0.2, 0) is 14.8 Å². The van der Waals surface area contributed by atoms with E-state index in [1.807, 2.05) is 31.2 Å². The Bertz CT molecular complexity index is 860. The molecule has 2 aromatic rings. The first-order valence-corrected chi connectivity index (χ1v) is 10.1. The number of rotatable bonds is 6. The molecule has 0 atom stereocenters. The topological polar surface area (TPSA) is 66.5 Å². The van der Waals surface area contributed by atoms with Crippen LogP contribution >= 0.6 is 11.8 Å². The van der Waals surface area contributed by atoms with Gasteiger partial charge in [0.1, 0.15) is 0 Å². The fourth-order valence-corrected chi connectivity index (χ4v) is 3.98. The fraction of sp³-hybridized carbons (Fsp3) is 0.278. The number of amides is 1. The number of hydrogen-bond donors (Lipinski definition) is 1. The van der Waals surface area contributed by atoms with Crippen LogP contribution in [0.4, 0.5) is 5.69 Å². The van der Waals surface area contributed by atoms with E-state index < -0.39 is 10.0 Å². The second-order valence-electron chi connectivity index (χ2n) is 5.92. The van der Waals surface area contributed by atoms with Crippen molar-refractivity contribution < 1.29 is 13.2 Å². The summed E-state index contributed by atoms with van der Waals surface area (Å²) in [6.45, 7) is 3.74. The number of sulfonamides is 1. The molecule has 0 spiro atoms. The summed E-state index contributed by atoms with van der Waals surface area (Å²) in [4.78, 5) is 13.4. The number of anilines is 1. The predicted molar refractivity (Wildman–Crippen MR) is 103 cm³/mol. The predicted octanol–water partition coefficient (Wildman–Crippen LogP) is 3.28. The molecule has 0 unspecified atom stereocenters. The summed E-state index contributed by atoms with van der Waals surface area (Å²) in [5.74, 6) is 0.0785. The van der Waals surface area contributed by atoms with Crippen LogP contribution in [0.5, 0.6) is 0 Å². The summed E-state index contributed by atoms with van der Waals surface area (Å²) in [7, 11) is -0.580. The van der Waals surface area contributed by atoms with Crippen molar-refractivity contribution in [3.05, 3.63) is 53.6 Å². The molecule has 134 valence electrons. The molecule has 0 aliphatic carbocycles. The largest absolute Gasteiger partial charge is 0.325 e. The Balaban J connectivity index is 2.07. The van der Waals surface area contributed by atoms with Gasteiger partial charge in [-0.15, -0.1) is 11.8 Å². The van der Waals surface area contributed by atoms with Gasteiger partial charge in [-0.2, -0.15) is 0 Å². The summed E-state index contributed by atoms with van der Waals surface area (Å²) in [6, 6.07) is 12.8. The van der Waals surface area contributed by atoms with Crippen LogP contribution in [0, 0.1) is 13.8 Å². The van der Waals surface area contributed by atoms with Crippen LogP contribution in [0.15, 0.2) is 52.3 Å². The smallest absolute Gasteiger partial charge is 0.242 e. The van der Waals surface area contributed by atoms with E-state index in [0.717, 1.165) is 9.20 Å². The average Bonchev–Trinajstić information content (AvgIpc) is 2.56. The Morgan fingerprint density at radius 2 is 1.72 bits per heavy atom. The molecule has 0 bridgehead atoms. The van der Waals surface area contributed by atoms with Crippen molar-refractivity contribution in [3.8, 4) is 0 Å². The van der Waals surface area contributed by atoms with E-state index in [-0.39, 0.29) is 16.6 Å². The third-order valence-electron chi connectivity index (χ3n) is 3.62. The number of nitrogens with one attached hydrogen (secondary N) is 1. The van der Waals surface area contributed by atoms with Gasteiger partial charge in [0.25, 0.3) is 0 Å². The van der Waals surface area contributed by atoms with Crippen LogP contribution in [0.2, 0.25) is 0 Å². The van der Waals surface area contributed by atoms with E-state index in [0.29, 0.717) is 11.3 Å². The number of hydrogen-bond acceptors (Lipinski definition) is 4. The zero-order valence-corrected chi connectivity index (χ0v) is 16.4. The Kier molecular flexibility index (Phi) is 6.26. The van der Waals surface area contributed by atoms with Crippen molar-refractivity contribution in [1.29, 1.82) is 0 Å². The molecule has 0 heterocycles. The first-order valence-electron chi connectivity index (χ1n) is 7.72. The summed E-state index contributed by atoms with van der Waals surface area (Å²) in [5.41, 5.74) is 2.28. The van der Waals surface area contributed by atoms with Gasteiger partial charge >= 0.3 is 0 Å². The molecule has 5 nitrogen and oxygen atoms in total. The van der Waals surface area contributed by atoms with E-state index in [1.165, 1.54) is 37.5 Å². The summed E-state index contributed by atoms with van der Waals surface area (Å²) >= 11 is 1.44. The third-order valence-corrected chi connectivity index (χ3v) is 6.59. The van der Waals surface area contributed by atoms with Gasteiger partial charge in [-0.25, -0.2) is 12.7 Å². The van der Waals surface area contributed by atoms with Crippen molar-refractivity contribution >= 4 is 33.4 Å². The third kappa shape index (κ3) is 5.07. The lowest BCUT2D eigenvalue weighted by Crippen LogP contribution is -2.23. The minimum absolute atomic E-state index is 0.178. The molecule has 0 saturated heterocycles. The van der Waals surface area contributed by atoms with Crippen molar-refractivity contribution in [2.24, 2.45) is 0 Å². The Labute approximate surface area is 153 Å². The van der Waals surface area contributed by atoms with Gasteiger partial charge < -0.3 is 5.32 Å². The fourth-order valence-electron chi connectivity index (χ4n) is 2.13. The molecule has 1 N–H and O–H groups in total. The van der Waals surface area contributed by atoms with Gasteiger partial charge in [0, 0.05) is 24.7 Å². The molecule has 2 aromatic carbocycles. The summed E-state index contributed by atoms with van der Waals surface area (Å²) < 4.78 is 25.8. The van der Waals surface area contributed by atoms with Crippen LogP contribution in [-0.4, -0.2) is 38.5 Å².